The molecule has 19 heavy (non-hydrogen) atoms. The van der Waals surface area contributed by atoms with E-state index >= 15 is 0 Å². The maximum absolute atomic E-state index is 5.47. The smallest absolute Gasteiger partial charge is 0.171 e. The summed E-state index contributed by atoms with van der Waals surface area (Å²) >= 11 is 5.47. The zero-order valence-corrected chi connectivity index (χ0v) is 12.9. The van der Waals surface area contributed by atoms with Crippen LogP contribution in [0.5, 0.6) is 0 Å². The molecule has 1 fully saturated rings. The van der Waals surface area contributed by atoms with Gasteiger partial charge in [-0.3, -0.25) is 0 Å². The first-order valence-corrected chi connectivity index (χ1v) is 7.58. The quantitative estimate of drug-likeness (QED) is 0.807. The highest BCUT2D eigenvalue weighted by Crippen LogP contribution is 2.35. The number of benzene rings is 1. The Balaban J connectivity index is 1.98. The van der Waals surface area contributed by atoms with Gasteiger partial charge in [-0.25, -0.2) is 0 Å². The lowest BCUT2D eigenvalue weighted by molar-refractivity contribution is 0.283. The predicted octanol–water partition coefficient (Wildman–Crippen LogP) is 4.25. The summed E-state index contributed by atoms with van der Waals surface area (Å²) < 4.78 is 0. The molecule has 104 valence electrons. The second-order valence-electron chi connectivity index (χ2n) is 5.96. The lowest BCUT2D eigenvalue weighted by atomic mass is 9.85. The maximum Gasteiger partial charge on any atom is 0.171 e. The summed E-state index contributed by atoms with van der Waals surface area (Å²) in [6.07, 6.45) is 5.05. The van der Waals surface area contributed by atoms with Crippen LogP contribution in [-0.2, 0) is 0 Å². The first-order valence-electron chi connectivity index (χ1n) is 7.18. The van der Waals surface area contributed by atoms with Crippen LogP contribution in [0.1, 0.15) is 45.1 Å². The molecule has 2 N–H and O–H groups in total. The van der Waals surface area contributed by atoms with E-state index < -0.39 is 0 Å². The third-order valence-electron chi connectivity index (χ3n) is 4.27. The van der Waals surface area contributed by atoms with Crippen molar-refractivity contribution in [2.24, 2.45) is 5.92 Å². The lowest BCUT2D eigenvalue weighted by Crippen LogP contribution is -2.51. The fraction of sp³-hybridized carbons (Fsp3) is 0.562. The van der Waals surface area contributed by atoms with Crippen LogP contribution in [0.4, 0.5) is 5.69 Å². The number of aryl methyl sites for hydroxylation is 1. The van der Waals surface area contributed by atoms with Crippen LogP contribution in [-0.4, -0.2) is 10.7 Å². The molecule has 2 rings (SSSR count). The Morgan fingerprint density at radius 1 is 1.16 bits per heavy atom. The van der Waals surface area contributed by atoms with Crippen LogP contribution in [0.3, 0.4) is 0 Å². The van der Waals surface area contributed by atoms with Gasteiger partial charge < -0.3 is 10.6 Å². The molecule has 1 aromatic carbocycles. The summed E-state index contributed by atoms with van der Waals surface area (Å²) in [7, 11) is 0. The van der Waals surface area contributed by atoms with E-state index in [0.717, 1.165) is 10.8 Å². The van der Waals surface area contributed by atoms with Gasteiger partial charge in [-0.15, -0.1) is 0 Å². The maximum atomic E-state index is 5.47. The molecule has 0 spiro atoms. The largest absolute Gasteiger partial charge is 0.357 e. The van der Waals surface area contributed by atoms with Crippen LogP contribution in [0.15, 0.2) is 24.3 Å². The van der Waals surface area contributed by atoms with Crippen LogP contribution in [0.2, 0.25) is 0 Å². The molecule has 0 aromatic heterocycles. The van der Waals surface area contributed by atoms with Crippen molar-refractivity contribution in [1.29, 1.82) is 0 Å². The number of anilines is 1. The van der Waals surface area contributed by atoms with Gasteiger partial charge in [0, 0.05) is 11.2 Å². The van der Waals surface area contributed by atoms with E-state index in [-0.39, 0.29) is 5.54 Å². The summed E-state index contributed by atoms with van der Waals surface area (Å²) in [6, 6.07) is 8.33. The van der Waals surface area contributed by atoms with Gasteiger partial charge in [-0.1, -0.05) is 44.4 Å². The van der Waals surface area contributed by atoms with E-state index in [9.17, 15) is 0 Å². The number of hydrogen-bond acceptors (Lipinski definition) is 1. The standard InChI is InChI=1S/C16H24N2S/c1-12(2)16(10-4-5-11-16)18-15(19)17-14-8-6-13(3)7-9-14/h6-9,12H,4-5,10-11H2,1-3H3,(H2,17,18,19). The average Bonchev–Trinajstić information content (AvgIpc) is 2.82. The number of rotatable bonds is 3. The van der Waals surface area contributed by atoms with Crippen molar-refractivity contribution in [3.8, 4) is 0 Å². The van der Waals surface area contributed by atoms with E-state index in [1.807, 2.05) is 0 Å². The zero-order valence-electron chi connectivity index (χ0n) is 12.1. The van der Waals surface area contributed by atoms with E-state index in [4.69, 9.17) is 12.2 Å². The van der Waals surface area contributed by atoms with Gasteiger partial charge in [0.15, 0.2) is 5.11 Å². The minimum atomic E-state index is 0.189. The van der Waals surface area contributed by atoms with Gasteiger partial charge in [-0.2, -0.15) is 0 Å². The Kier molecular flexibility index (Phi) is 4.46. The van der Waals surface area contributed by atoms with Crippen molar-refractivity contribution in [1.82, 2.24) is 5.32 Å². The number of hydrogen-bond donors (Lipinski definition) is 2. The van der Waals surface area contributed by atoms with Gasteiger partial charge in [-0.05, 0) is 50.0 Å². The zero-order chi connectivity index (χ0) is 13.9. The first kappa shape index (κ1) is 14.3. The summed E-state index contributed by atoms with van der Waals surface area (Å²) in [5.41, 5.74) is 2.51. The van der Waals surface area contributed by atoms with Gasteiger partial charge in [0.05, 0.1) is 0 Å². The van der Waals surface area contributed by atoms with Crippen molar-refractivity contribution in [2.45, 2.75) is 52.0 Å². The fourth-order valence-electron chi connectivity index (χ4n) is 2.88. The molecule has 1 saturated carbocycles. The van der Waals surface area contributed by atoms with Gasteiger partial charge >= 0.3 is 0 Å². The highest BCUT2D eigenvalue weighted by atomic mass is 32.1. The molecule has 0 aliphatic heterocycles. The van der Waals surface area contributed by atoms with E-state index in [2.05, 4.69) is 55.7 Å². The molecular weight excluding hydrogens is 252 g/mol. The fourth-order valence-corrected chi connectivity index (χ4v) is 3.20. The summed E-state index contributed by atoms with van der Waals surface area (Å²) in [5.74, 6) is 0.604. The number of nitrogens with one attached hydrogen (secondary N) is 2. The highest BCUT2D eigenvalue weighted by molar-refractivity contribution is 7.80. The Hall–Kier alpha value is -1.09. The molecule has 2 nitrogen and oxygen atoms in total. The molecule has 0 unspecified atom stereocenters. The second kappa shape index (κ2) is 5.91. The predicted molar refractivity (Wildman–Crippen MR) is 86.6 cm³/mol. The van der Waals surface area contributed by atoms with Gasteiger partial charge in [0.2, 0.25) is 0 Å². The monoisotopic (exact) mass is 276 g/mol. The van der Waals surface area contributed by atoms with Crippen LogP contribution in [0, 0.1) is 12.8 Å². The molecule has 0 amide bonds. The molecule has 1 aliphatic rings. The SMILES string of the molecule is Cc1ccc(NC(=S)NC2(C(C)C)CCCC2)cc1. The van der Waals surface area contributed by atoms with Crippen molar-refractivity contribution in [2.75, 3.05) is 5.32 Å². The summed E-state index contributed by atoms with van der Waals surface area (Å²) in [4.78, 5) is 0. The second-order valence-corrected chi connectivity index (χ2v) is 6.37. The lowest BCUT2D eigenvalue weighted by Gasteiger charge is -2.35. The topological polar surface area (TPSA) is 24.1 Å². The van der Waals surface area contributed by atoms with Crippen LogP contribution >= 0.6 is 12.2 Å². The molecule has 3 heteroatoms. The Labute approximate surface area is 122 Å². The molecule has 0 saturated heterocycles. The van der Waals surface area contributed by atoms with Crippen molar-refractivity contribution < 1.29 is 0 Å². The molecule has 1 aliphatic carbocycles. The molecule has 1 aromatic rings. The Morgan fingerprint density at radius 2 is 1.74 bits per heavy atom. The molecule has 0 radical (unpaired) electrons. The number of thiocarbonyl (C=S) groups is 1. The van der Waals surface area contributed by atoms with E-state index in [1.54, 1.807) is 0 Å². The molecule has 0 heterocycles. The van der Waals surface area contributed by atoms with Crippen molar-refractivity contribution >= 4 is 23.0 Å². The van der Waals surface area contributed by atoms with Gasteiger partial charge in [0.25, 0.3) is 0 Å². The molecule has 0 atom stereocenters. The third-order valence-corrected chi connectivity index (χ3v) is 4.48. The minimum absolute atomic E-state index is 0.189. The normalized spacial score (nSPS) is 17.5. The van der Waals surface area contributed by atoms with Crippen molar-refractivity contribution in [3.05, 3.63) is 29.8 Å². The molecule has 0 bridgehead atoms. The van der Waals surface area contributed by atoms with Gasteiger partial charge in [0.1, 0.15) is 0 Å². The minimum Gasteiger partial charge on any atom is -0.357 e. The van der Waals surface area contributed by atoms with Crippen LogP contribution < -0.4 is 10.6 Å². The Bertz CT molecular complexity index is 431. The summed E-state index contributed by atoms with van der Waals surface area (Å²) in [5, 5.41) is 7.62. The van der Waals surface area contributed by atoms with Crippen LogP contribution in [0.25, 0.3) is 0 Å². The van der Waals surface area contributed by atoms with E-state index in [0.29, 0.717) is 5.92 Å². The van der Waals surface area contributed by atoms with Crippen molar-refractivity contribution in [3.63, 3.8) is 0 Å². The van der Waals surface area contributed by atoms with E-state index in [1.165, 1.54) is 31.2 Å². The highest BCUT2D eigenvalue weighted by Gasteiger charge is 2.37. The summed E-state index contributed by atoms with van der Waals surface area (Å²) in [6.45, 7) is 6.66. The third kappa shape index (κ3) is 3.47. The first-order chi connectivity index (χ1) is 9.02. The Morgan fingerprint density at radius 3 is 2.26 bits per heavy atom. The molecular formula is C16H24N2S. The average molecular weight is 276 g/mol.